The Morgan fingerprint density at radius 2 is 2.09 bits per heavy atom. The Bertz CT molecular complexity index is 884. The van der Waals surface area contributed by atoms with Gasteiger partial charge in [-0.05, 0) is 30.3 Å². The number of oxazole rings is 1. The molecule has 0 spiro atoms. The molecule has 116 valence electrons. The van der Waals surface area contributed by atoms with Gasteiger partial charge in [-0.1, -0.05) is 34.1 Å². The lowest BCUT2D eigenvalue weighted by molar-refractivity contribution is -0.135. The minimum Gasteiger partial charge on any atom is -0.481 e. The minimum atomic E-state index is -1.05. The van der Waals surface area contributed by atoms with Gasteiger partial charge in [0.15, 0.2) is 5.58 Å². The zero-order chi connectivity index (χ0) is 16.4. The van der Waals surface area contributed by atoms with Gasteiger partial charge in [0.2, 0.25) is 5.89 Å². The summed E-state index contributed by atoms with van der Waals surface area (Å²) in [5.41, 5.74) is 1.74. The van der Waals surface area contributed by atoms with Crippen LogP contribution < -0.4 is 0 Å². The number of halogens is 2. The fourth-order valence-electron chi connectivity index (χ4n) is 2.17. The number of fused-ring (bicyclic) bond motifs is 1. The largest absolute Gasteiger partial charge is 0.481 e. The SMILES string of the molecule is O=C(O)CC(=Cc1ccc(Br)cc1F)c1nc2ccccc2o1. The highest BCUT2D eigenvalue weighted by molar-refractivity contribution is 9.10. The van der Waals surface area contributed by atoms with Gasteiger partial charge in [0, 0.05) is 15.6 Å². The van der Waals surface area contributed by atoms with Crippen molar-refractivity contribution in [3.05, 3.63) is 64.2 Å². The zero-order valence-electron chi connectivity index (χ0n) is 11.8. The van der Waals surface area contributed by atoms with E-state index in [1.165, 1.54) is 12.1 Å². The molecule has 3 aromatic rings. The van der Waals surface area contributed by atoms with E-state index >= 15 is 0 Å². The minimum absolute atomic E-state index is 0.177. The summed E-state index contributed by atoms with van der Waals surface area (Å²) in [6.45, 7) is 0. The van der Waals surface area contributed by atoms with E-state index in [1.54, 1.807) is 30.3 Å². The molecule has 0 saturated heterocycles. The topological polar surface area (TPSA) is 63.3 Å². The summed E-state index contributed by atoms with van der Waals surface area (Å²) in [5.74, 6) is -1.33. The van der Waals surface area contributed by atoms with Crippen LogP contribution in [-0.2, 0) is 4.79 Å². The second kappa shape index (κ2) is 6.34. The number of hydrogen-bond acceptors (Lipinski definition) is 3. The molecule has 2 aromatic carbocycles. The van der Waals surface area contributed by atoms with Gasteiger partial charge in [0.25, 0.3) is 0 Å². The summed E-state index contributed by atoms with van der Waals surface area (Å²) in [6, 6.07) is 11.7. The highest BCUT2D eigenvalue weighted by Crippen LogP contribution is 2.26. The highest BCUT2D eigenvalue weighted by Gasteiger charge is 2.15. The van der Waals surface area contributed by atoms with E-state index in [-0.39, 0.29) is 17.9 Å². The number of carboxylic acid groups (broad SMARTS) is 1. The Labute approximate surface area is 139 Å². The summed E-state index contributed by atoms with van der Waals surface area (Å²) in [6.07, 6.45) is 1.13. The van der Waals surface area contributed by atoms with Gasteiger partial charge in [0.1, 0.15) is 11.3 Å². The molecule has 4 nitrogen and oxygen atoms in total. The van der Waals surface area contributed by atoms with Crippen LogP contribution in [0.3, 0.4) is 0 Å². The van der Waals surface area contributed by atoms with Crippen molar-refractivity contribution in [3.8, 4) is 0 Å². The lowest BCUT2D eigenvalue weighted by Gasteiger charge is -2.02. The molecule has 6 heteroatoms. The number of para-hydroxylation sites is 2. The number of nitrogens with zero attached hydrogens (tertiary/aromatic N) is 1. The van der Waals surface area contributed by atoms with Crippen molar-refractivity contribution in [1.82, 2.24) is 4.98 Å². The van der Waals surface area contributed by atoms with Gasteiger partial charge in [-0.3, -0.25) is 4.79 Å². The fraction of sp³-hybridized carbons (Fsp3) is 0.0588. The molecule has 0 bridgehead atoms. The van der Waals surface area contributed by atoms with Crippen LogP contribution in [0.5, 0.6) is 0 Å². The van der Waals surface area contributed by atoms with E-state index in [2.05, 4.69) is 20.9 Å². The fourth-order valence-corrected chi connectivity index (χ4v) is 2.50. The lowest BCUT2D eigenvalue weighted by Crippen LogP contribution is -1.98. The van der Waals surface area contributed by atoms with Crippen LogP contribution in [0.4, 0.5) is 4.39 Å². The quantitative estimate of drug-likeness (QED) is 0.714. The Morgan fingerprint density at radius 1 is 1.30 bits per heavy atom. The molecule has 3 rings (SSSR count). The molecule has 1 N–H and O–H groups in total. The number of aliphatic carboxylic acids is 1. The molecule has 23 heavy (non-hydrogen) atoms. The van der Waals surface area contributed by atoms with Crippen LogP contribution in [0.15, 0.2) is 51.4 Å². The van der Waals surface area contributed by atoms with Gasteiger partial charge < -0.3 is 9.52 Å². The summed E-state index contributed by atoms with van der Waals surface area (Å²) in [5, 5.41) is 9.10. The average molecular weight is 376 g/mol. The van der Waals surface area contributed by atoms with Crippen molar-refractivity contribution in [2.45, 2.75) is 6.42 Å². The Balaban J connectivity index is 2.09. The molecule has 0 saturated carbocycles. The molecular formula is C17H11BrFNO3. The normalized spacial score (nSPS) is 11.8. The Hall–Kier alpha value is -2.47. The van der Waals surface area contributed by atoms with Crippen LogP contribution in [0.25, 0.3) is 22.7 Å². The van der Waals surface area contributed by atoms with E-state index in [0.29, 0.717) is 21.1 Å². The van der Waals surface area contributed by atoms with Crippen molar-refractivity contribution >= 4 is 44.6 Å². The average Bonchev–Trinajstić information content (AvgIpc) is 2.92. The first-order valence-corrected chi connectivity index (χ1v) is 7.55. The first-order valence-electron chi connectivity index (χ1n) is 6.76. The van der Waals surface area contributed by atoms with Crippen LogP contribution >= 0.6 is 15.9 Å². The van der Waals surface area contributed by atoms with E-state index in [0.717, 1.165) is 0 Å². The number of hydrogen-bond donors (Lipinski definition) is 1. The standard InChI is InChI=1S/C17H11BrFNO3/c18-12-6-5-10(13(19)9-12)7-11(8-16(21)22)17-20-14-3-1-2-4-15(14)23-17/h1-7,9H,8H2,(H,21,22). The third-order valence-electron chi connectivity index (χ3n) is 3.20. The lowest BCUT2D eigenvalue weighted by atomic mass is 10.1. The van der Waals surface area contributed by atoms with Crippen molar-refractivity contribution < 1.29 is 18.7 Å². The van der Waals surface area contributed by atoms with E-state index in [1.807, 2.05) is 6.07 Å². The third-order valence-corrected chi connectivity index (χ3v) is 3.70. The molecule has 1 aromatic heterocycles. The number of benzene rings is 2. The van der Waals surface area contributed by atoms with Crippen molar-refractivity contribution in [1.29, 1.82) is 0 Å². The van der Waals surface area contributed by atoms with E-state index < -0.39 is 11.8 Å². The first kappa shape index (κ1) is 15.4. The number of carbonyl (C=O) groups is 1. The predicted molar refractivity (Wildman–Crippen MR) is 88.2 cm³/mol. The molecule has 0 aliphatic heterocycles. The zero-order valence-corrected chi connectivity index (χ0v) is 13.4. The smallest absolute Gasteiger partial charge is 0.308 e. The summed E-state index contributed by atoms with van der Waals surface area (Å²) >= 11 is 3.19. The Morgan fingerprint density at radius 3 is 2.78 bits per heavy atom. The molecule has 0 aliphatic carbocycles. The number of rotatable bonds is 4. The van der Waals surface area contributed by atoms with E-state index in [9.17, 15) is 9.18 Å². The van der Waals surface area contributed by atoms with Gasteiger partial charge >= 0.3 is 5.97 Å². The Kier molecular flexibility index (Phi) is 4.25. The van der Waals surface area contributed by atoms with Crippen molar-refractivity contribution in [3.63, 3.8) is 0 Å². The van der Waals surface area contributed by atoms with E-state index in [4.69, 9.17) is 9.52 Å². The molecule has 0 fully saturated rings. The van der Waals surface area contributed by atoms with Crippen molar-refractivity contribution in [2.75, 3.05) is 0 Å². The molecule has 0 unspecified atom stereocenters. The summed E-state index contributed by atoms with van der Waals surface area (Å²) < 4.78 is 20.2. The predicted octanol–water partition coefficient (Wildman–Crippen LogP) is 4.74. The van der Waals surface area contributed by atoms with Crippen LogP contribution in [0, 0.1) is 5.82 Å². The molecule has 0 amide bonds. The highest BCUT2D eigenvalue weighted by atomic mass is 79.9. The molecule has 1 heterocycles. The second-order valence-corrected chi connectivity index (χ2v) is 5.81. The molecular weight excluding hydrogens is 365 g/mol. The maximum absolute atomic E-state index is 14.0. The van der Waals surface area contributed by atoms with Gasteiger partial charge in [-0.15, -0.1) is 0 Å². The third kappa shape index (κ3) is 3.48. The van der Waals surface area contributed by atoms with Gasteiger partial charge in [-0.25, -0.2) is 9.37 Å². The van der Waals surface area contributed by atoms with Crippen LogP contribution in [0.2, 0.25) is 0 Å². The maximum atomic E-state index is 14.0. The first-order chi connectivity index (χ1) is 11.0. The summed E-state index contributed by atoms with van der Waals surface area (Å²) in [4.78, 5) is 15.4. The molecule has 0 atom stereocenters. The molecule has 0 radical (unpaired) electrons. The number of aromatic nitrogens is 1. The maximum Gasteiger partial charge on any atom is 0.308 e. The monoisotopic (exact) mass is 375 g/mol. The van der Waals surface area contributed by atoms with Crippen LogP contribution in [0.1, 0.15) is 17.9 Å². The second-order valence-electron chi connectivity index (χ2n) is 4.89. The molecule has 0 aliphatic rings. The summed E-state index contributed by atoms with van der Waals surface area (Å²) in [7, 11) is 0. The van der Waals surface area contributed by atoms with Crippen LogP contribution in [-0.4, -0.2) is 16.1 Å². The van der Waals surface area contributed by atoms with Crippen molar-refractivity contribution in [2.24, 2.45) is 0 Å². The number of carboxylic acids is 1. The van der Waals surface area contributed by atoms with Gasteiger partial charge in [0.05, 0.1) is 6.42 Å². The van der Waals surface area contributed by atoms with Gasteiger partial charge in [-0.2, -0.15) is 0 Å².